The summed E-state index contributed by atoms with van der Waals surface area (Å²) in [6.07, 6.45) is 2.13. The lowest BCUT2D eigenvalue weighted by Gasteiger charge is -2.01. The van der Waals surface area contributed by atoms with E-state index in [0.717, 1.165) is 0 Å². The molecule has 0 radical (unpaired) electrons. The summed E-state index contributed by atoms with van der Waals surface area (Å²) in [4.78, 5) is 10.6. The third-order valence-corrected chi connectivity index (χ3v) is 3.09. The van der Waals surface area contributed by atoms with Crippen LogP contribution in [-0.4, -0.2) is 26.0 Å². The summed E-state index contributed by atoms with van der Waals surface area (Å²) in [5, 5.41) is 21.7. The fourth-order valence-electron chi connectivity index (χ4n) is 1.76. The largest absolute Gasteiger partial charge is 0.273 e. The van der Waals surface area contributed by atoms with Gasteiger partial charge in [0.2, 0.25) is 4.77 Å². The summed E-state index contributed by atoms with van der Waals surface area (Å²) in [5.74, 6) is 0.617. The number of benzene rings is 1. The lowest BCUT2D eigenvalue weighted by atomic mass is 10.1. The van der Waals surface area contributed by atoms with Crippen molar-refractivity contribution in [3.63, 3.8) is 0 Å². The molecule has 7 nitrogen and oxygen atoms in total. The molecule has 0 amide bonds. The van der Waals surface area contributed by atoms with Crippen LogP contribution in [0.2, 0.25) is 0 Å². The maximum Gasteiger partial charge on any atom is 0.273 e. The molecule has 0 saturated carbocycles. The van der Waals surface area contributed by atoms with Gasteiger partial charge in [-0.05, 0) is 25.6 Å². The van der Waals surface area contributed by atoms with Crippen molar-refractivity contribution in [2.45, 2.75) is 20.3 Å². The maximum absolute atomic E-state index is 11.0. The van der Waals surface area contributed by atoms with E-state index in [9.17, 15) is 10.1 Å². The van der Waals surface area contributed by atoms with Crippen LogP contribution >= 0.6 is 12.2 Å². The van der Waals surface area contributed by atoms with Gasteiger partial charge in [-0.15, -0.1) is 0 Å². The van der Waals surface area contributed by atoms with Gasteiger partial charge in [0.05, 0.1) is 11.1 Å². The average Bonchev–Trinajstić information content (AvgIpc) is 2.75. The minimum atomic E-state index is -0.384. The average molecular weight is 291 g/mol. The second-order valence-electron chi connectivity index (χ2n) is 4.13. The molecule has 2 rings (SSSR count). The van der Waals surface area contributed by atoms with E-state index in [0.29, 0.717) is 28.1 Å². The molecule has 0 aliphatic heterocycles. The van der Waals surface area contributed by atoms with Crippen molar-refractivity contribution in [1.29, 1.82) is 0 Å². The van der Waals surface area contributed by atoms with E-state index >= 15 is 0 Å². The smallest absolute Gasteiger partial charge is 0.258 e. The lowest BCUT2D eigenvalue weighted by molar-refractivity contribution is -0.385. The lowest BCUT2D eigenvalue weighted by Crippen LogP contribution is -1.97. The van der Waals surface area contributed by atoms with Gasteiger partial charge in [0, 0.05) is 17.2 Å². The Morgan fingerprint density at radius 3 is 2.90 bits per heavy atom. The zero-order chi connectivity index (χ0) is 14.7. The molecule has 0 aliphatic carbocycles. The van der Waals surface area contributed by atoms with Gasteiger partial charge in [-0.2, -0.15) is 14.9 Å². The third-order valence-electron chi connectivity index (χ3n) is 2.82. The second-order valence-corrected chi connectivity index (χ2v) is 4.52. The maximum atomic E-state index is 11.0. The minimum absolute atomic E-state index is 0.101. The van der Waals surface area contributed by atoms with Gasteiger partial charge in [-0.1, -0.05) is 19.1 Å². The summed E-state index contributed by atoms with van der Waals surface area (Å²) >= 11 is 5.02. The topological polar surface area (TPSA) is 89.1 Å². The standard InChI is InChI=1S/C12H13N5O2S/c1-3-10-5-4-9(6-11(10)17(18)19)7-13-16-8(2)14-15-12(16)20/h4-7H,3H2,1-2H3,(H,15,20)/b13-7-. The van der Waals surface area contributed by atoms with Gasteiger partial charge >= 0.3 is 0 Å². The summed E-state index contributed by atoms with van der Waals surface area (Å²) in [6.45, 7) is 3.64. The van der Waals surface area contributed by atoms with Crippen molar-refractivity contribution in [3.05, 3.63) is 50.0 Å². The van der Waals surface area contributed by atoms with E-state index in [1.54, 1.807) is 19.1 Å². The summed E-state index contributed by atoms with van der Waals surface area (Å²) in [5.41, 5.74) is 1.43. The van der Waals surface area contributed by atoms with Crippen LogP contribution in [0.1, 0.15) is 23.9 Å². The molecule has 1 heterocycles. The van der Waals surface area contributed by atoms with Gasteiger partial charge in [0.1, 0.15) is 5.82 Å². The molecule has 20 heavy (non-hydrogen) atoms. The number of hydrogen-bond acceptors (Lipinski definition) is 5. The Labute approximate surface area is 120 Å². The second kappa shape index (κ2) is 5.74. The van der Waals surface area contributed by atoms with Crippen LogP contribution in [0, 0.1) is 21.8 Å². The number of nitro groups is 1. The first-order chi connectivity index (χ1) is 9.52. The molecule has 104 valence electrons. The monoisotopic (exact) mass is 291 g/mol. The van der Waals surface area contributed by atoms with Crippen molar-refractivity contribution in [2.75, 3.05) is 0 Å². The number of aromatic nitrogens is 3. The quantitative estimate of drug-likeness (QED) is 0.406. The fourth-order valence-corrected chi connectivity index (χ4v) is 1.99. The van der Waals surface area contributed by atoms with Crippen molar-refractivity contribution in [2.24, 2.45) is 5.10 Å². The van der Waals surface area contributed by atoms with Crippen molar-refractivity contribution < 1.29 is 4.92 Å². The molecule has 1 N–H and O–H groups in total. The Bertz CT molecular complexity index is 732. The van der Waals surface area contributed by atoms with Gasteiger partial charge in [-0.25, -0.2) is 0 Å². The van der Waals surface area contributed by atoms with Gasteiger partial charge in [0.25, 0.3) is 5.69 Å². The highest BCUT2D eigenvalue weighted by Crippen LogP contribution is 2.20. The van der Waals surface area contributed by atoms with Crippen LogP contribution in [0.4, 0.5) is 5.69 Å². The van der Waals surface area contributed by atoms with Crippen molar-refractivity contribution >= 4 is 24.1 Å². The Hall–Kier alpha value is -2.35. The van der Waals surface area contributed by atoms with E-state index in [-0.39, 0.29) is 10.6 Å². The van der Waals surface area contributed by atoms with Crippen LogP contribution in [0.5, 0.6) is 0 Å². The minimum Gasteiger partial charge on any atom is -0.258 e. The van der Waals surface area contributed by atoms with E-state index in [1.165, 1.54) is 17.0 Å². The Balaban J connectivity index is 2.37. The molecule has 0 aliphatic rings. The third kappa shape index (κ3) is 2.80. The number of hydrogen-bond donors (Lipinski definition) is 1. The number of aromatic amines is 1. The van der Waals surface area contributed by atoms with Gasteiger partial charge in [0.15, 0.2) is 0 Å². The summed E-state index contributed by atoms with van der Waals surface area (Å²) in [7, 11) is 0. The Kier molecular flexibility index (Phi) is 4.04. The zero-order valence-electron chi connectivity index (χ0n) is 11.0. The molecule has 2 aromatic rings. The highest BCUT2D eigenvalue weighted by molar-refractivity contribution is 7.71. The van der Waals surface area contributed by atoms with Crippen molar-refractivity contribution in [1.82, 2.24) is 14.9 Å². The van der Waals surface area contributed by atoms with Crippen LogP contribution in [-0.2, 0) is 6.42 Å². The summed E-state index contributed by atoms with van der Waals surface area (Å²) in [6, 6.07) is 5.02. The molecule has 0 bridgehead atoms. The van der Waals surface area contributed by atoms with Crippen LogP contribution in [0.25, 0.3) is 0 Å². The zero-order valence-corrected chi connectivity index (χ0v) is 11.8. The number of nitrogens with one attached hydrogen (secondary N) is 1. The van der Waals surface area contributed by atoms with E-state index in [2.05, 4.69) is 15.3 Å². The SMILES string of the molecule is CCc1ccc(/C=N\n2c(C)n[nH]c2=S)cc1[N+](=O)[O-]. The molecule has 1 aromatic carbocycles. The molecule has 0 fully saturated rings. The highest BCUT2D eigenvalue weighted by Gasteiger charge is 2.12. The summed E-state index contributed by atoms with van der Waals surface area (Å²) < 4.78 is 1.83. The van der Waals surface area contributed by atoms with E-state index in [1.807, 2.05) is 6.92 Å². The normalized spacial score (nSPS) is 11.1. The van der Waals surface area contributed by atoms with Crippen LogP contribution in [0.3, 0.4) is 0 Å². The molecular weight excluding hydrogens is 278 g/mol. The van der Waals surface area contributed by atoms with Gasteiger partial charge < -0.3 is 0 Å². The molecule has 0 spiro atoms. The first-order valence-electron chi connectivity index (χ1n) is 5.98. The first kappa shape index (κ1) is 14.1. The number of rotatable bonds is 4. The van der Waals surface area contributed by atoms with Crippen LogP contribution < -0.4 is 0 Å². The first-order valence-corrected chi connectivity index (χ1v) is 6.39. The molecular formula is C12H13N5O2S. The molecule has 8 heteroatoms. The number of H-pyrrole nitrogens is 1. The van der Waals surface area contributed by atoms with E-state index < -0.39 is 0 Å². The Morgan fingerprint density at radius 2 is 2.35 bits per heavy atom. The Morgan fingerprint density at radius 1 is 1.60 bits per heavy atom. The predicted octanol–water partition coefficient (Wildman–Crippen LogP) is 2.60. The number of nitro benzene ring substituents is 1. The van der Waals surface area contributed by atoms with Crippen molar-refractivity contribution in [3.8, 4) is 0 Å². The molecule has 0 saturated heterocycles. The highest BCUT2D eigenvalue weighted by atomic mass is 32.1. The molecule has 0 atom stereocenters. The number of nitrogens with zero attached hydrogens (tertiary/aromatic N) is 4. The van der Waals surface area contributed by atoms with Gasteiger partial charge in [-0.3, -0.25) is 15.2 Å². The molecule has 0 unspecified atom stereocenters. The number of aryl methyl sites for hydroxylation is 2. The molecule has 1 aromatic heterocycles. The van der Waals surface area contributed by atoms with Crippen LogP contribution in [0.15, 0.2) is 23.3 Å². The van der Waals surface area contributed by atoms with E-state index in [4.69, 9.17) is 12.2 Å². The fraction of sp³-hybridized carbons (Fsp3) is 0.250. The predicted molar refractivity (Wildman–Crippen MR) is 77.6 cm³/mol.